The normalized spacial score (nSPS) is 16.4. The second-order valence-electron chi connectivity index (χ2n) is 7.61. The van der Waals surface area contributed by atoms with Gasteiger partial charge in [-0.1, -0.05) is 46.5 Å². The summed E-state index contributed by atoms with van der Waals surface area (Å²) in [7, 11) is -4.24. The van der Waals surface area contributed by atoms with Crippen LogP contribution < -0.4 is 42.5 Å². The van der Waals surface area contributed by atoms with Gasteiger partial charge in [-0.3, -0.25) is 0 Å². The molecule has 0 aromatic heterocycles. The molecule has 27 heavy (non-hydrogen) atoms. The topological polar surface area (TPSA) is 58.9 Å². The first-order chi connectivity index (χ1) is 11.8. The summed E-state index contributed by atoms with van der Waals surface area (Å²) in [4.78, 5) is 17.0. The average molecular weight is 405 g/mol. The molecule has 152 valence electrons. The molecule has 2 heterocycles. The van der Waals surface area contributed by atoms with Gasteiger partial charge in [-0.15, -0.1) is 6.54 Å². The summed E-state index contributed by atoms with van der Waals surface area (Å²) < 4.78 is 12.1. The van der Waals surface area contributed by atoms with E-state index in [9.17, 15) is 4.80 Å². The van der Waals surface area contributed by atoms with Gasteiger partial charge >= 0.3 is 37.7 Å². The summed E-state index contributed by atoms with van der Waals surface area (Å²) in [6.45, 7) is 18.3. The molecule has 2 aliphatic rings. The van der Waals surface area contributed by atoms with E-state index in [1.807, 2.05) is 13.1 Å². The Bertz CT molecular complexity index is 290. The molecule has 5 nitrogen and oxygen atoms in total. The third-order valence-electron chi connectivity index (χ3n) is 4.13. The largest absolute Gasteiger partial charge is 1.00 e. The Labute approximate surface area is 195 Å². The van der Waals surface area contributed by atoms with Crippen molar-refractivity contribution in [2.75, 3.05) is 39.5 Å². The van der Waals surface area contributed by atoms with Crippen LogP contribution in [0.25, 0.3) is 4.98 Å². The molecule has 0 amide bonds. The summed E-state index contributed by atoms with van der Waals surface area (Å²) >= 11 is 0. The van der Waals surface area contributed by atoms with Crippen molar-refractivity contribution in [2.45, 2.75) is 78.6 Å². The van der Waals surface area contributed by atoms with Crippen LogP contribution in [-0.2, 0) is 9.47 Å². The molecule has 0 aromatic rings. The van der Waals surface area contributed by atoms with E-state index >= 15 is 0 Å². The van der Waals surface area contributed by atoms with Gasteiger partial charge in [0.2, 0.25) is 0 Å². The van der Waals surface area contributed by atoms with Crippen molar-refractivity contribution < 1.29 is 52.0 Å². The van der Waals surface area contributed by atoms with E-state index in [-0.39, 0.29) is 37.7 Å². The molecule has 0 N–H and O–H groups in total. The third kappa shape index (κ3) is 18.0. The average Bonchev–Trinajstić information content (AvgIpc) is 3.27. The van der Waals surface area contributed by atoms with E-state index in [1.54, 1.807) is 0 Å². The van der Waals surface area contributed by atoms with Crippen molar-refractivity contribution in [3.05, 3.63) is 4.98 Å². The maximum atomic E-state index is 12.2. The van der Waals surface area contributed by atoms with Crippen LogP contribution in [0.5, 0.6) is 0 Å². The van der Waals surface area contributed by atoms with Gasteiger partial charge in [0, 0.05) is 34.9 Å². The van der Waals surface area contributed by atoms with Gasteiger partial charge in [-0.2, -0.15) is 0 Å². The molecule has 9 heteroatoms. The Morgan fingerprint density at radius 1 is 0.815 bits per heavy atom. The van der Waals surface area contributed by atoms with E-state index in [2.05, 4.69) is 31.2 Å². The zero-order valence-corrected chi connectivity index (χ0v) is 21.6. The predicted molar refractivity (Wildman–Crippen MR) is 111 cm³/mol. The number of hydrogen-bond acceptors (Lipinski definition) is 4. The van der Waals surface area contributed by atoms with Crippen molar-refractivity contribution in [3.63, 3.8) is 0 Å². The van der Waals surface area contributed by atoms with Crippen LogP contribution in [0.1, 0.15) is 52.4 Å². The number of ether oxygens (including phenoxy) is 2. The van der Waals surface area contributed by atoms with Gasteiger partial charge in [0.25, 0.3) is 0 Å². The summed E-state index contributed by atoms with van der Waals surface area (Å²) in [5, 5.41) is 0. The van der Waals surface area contributed by atoms with Crippen LogP contribution in [0.15, 0.2) is 0 Å². The fourth-order valence-corrected chi connectivity index (χ4v) is 10.9. The minimum atomic E-state index is -2.44. The summed E-state index contributed by atoms with van der Waals surface area (Å²) in [5.74, 6) is 0. The minimum Gasteiger partial charge on any atom is -0.848 e. The predicted octanol–water partition coefficient (Wildman–Crippen LogP) is -2.15. The van der Waals surface area contributed by atoms with Crippen molar-refractivity contribution in [2.24, 2.45) is 0 Å². The molecule has 2 fully saturated rings. The van der Waals surface area contributed by atoms with Crippen LogP contribution >= 0.6 is 0 Å². The van der Waals surface area contributed by atoms with Gasteiger partial charge < -0.3 is 23.5 Å². The quantitative estimate of drug-likeness (QED) is 0.454. The smallest absolute Gasteiger partial charge is 0.848 e. The van der Waals surface area contributed by atoms with Gasteiger partial charge in [0.1, 0.15) is 0 Å². The van der Waals surface area contributed by atoms with Crippen molar-refractivity contribution in [1.82, 2.24) is 4.23 Å². The molecule has 2 rings (SSSR count). The van der Waals surface area contributed by atoms with E-state index in [1.165, 1.54) is 25.7 Å². The number of rotatable bonds is 7. The van der Waals surface area contributed by atoms with Crippen molar-refractivity contribution in [1.29, 1.82) is 0 Å². The molecular weight excluding hydrogens is 362 g/mol. The first-order valence-corrected chi connectivity index (χ1v) is 15.8. The molecule has 0 bridgehead atoms. The Hall–Kier alpha value is 1.43. The Balaban J connectivity index is -0.000000389. The van der Waals surface area contributed by atoms with E-state index < -0.39 is 16.9 Å². The molecule has 0 radical (unpaired) electrons. The Morgan fingerprint density at radius 2 is 1.22 bits per heavy atom. The minimum absolute atomic E-state index is 0. The summed E-state index contributed by atoms with van der Waals surface area (Å²) in [6, 6.07) is 0. The molecule has 0 unspecified atom stereocenters. The van der Waals surface area contributed by atoms with Crippen LogP contribution in [0.3, 0.4) is 0 Å². The molecule has 0 aromatic carbocycles. The molecule has 2 saturated heterocycles. The van der Waals surface area contributed by atoms with Gasteiger partial charge in [0.15, 0.2) is 0 Å². The van der Waals surface area contributed by atoms with E-state index in [4.69, 9.17) is 14.5 Å². The summed E-state index contributed by atoms with van der Waals surface area (Å²) in [5.41, 5.74) is 0. The van der Waals surface area contributed by atoms with Gasteiger partial charge in [-0.05, 0) is 47.0 Å². The molecule has 0 aliphatic carbocycles. The van der Waals surface area contributed by atoms with Gasteiger partial charge in [0.05, 0.1) is 0 Å². The second kappa shape index (κ2) is 19.4. The molecule has 0 spiro atoms. The van der Waals surface area contributed by atoms with E-state index in [0.717, 1.165) is 52.4 Å². The monoisotopic (exact) mass is 404 g/mol. The molecule has 0 atom stereocenters. The standard InChI is InChI=1S/C10H26N2OSi2.2C4H8O.2Li/c1-7-9-11-14(3,4)12(10-8-2)15(5,6)13;2*1-2-4-5-3-1;;/h7-10H2,1-6H3;2*1-4H2;;/q-2;;;2*+1. The van der Waals surface area contributed by atoms with Gasteiger partial charge in [-0.25, -0.2) is 0 Å². The van der Waals surface area contributed by atoms with Crippen LogP contribution in [0, 0.1) is 0 Å². The fraction of sp³-hybridized carbons (Fsp3) is 1.00. The number of hydrogen-bond donors (Lipinski definition) is 0. The van der Waals surface area contributed by atoms with Crippen LogP contribution in [-0.4, -0.2) is 60.6 Å². The van der Waals surface area contributed by atoms with Crippen LogP contribution in [0.2, 0.25) is 26.2 Å². The van der Waals surface area contributed by atoms with Crippen LogP contribution in [0.4, 0.5) is 0 Å². The first kappa shape index (κ1) is 33.1. The number of nitrogens with zero attached hydrogens (tertiary/aromatic N) is 2. The van der Waals surface area contributed by atoms with Crippen molar-refractivity contribution >= 4 is 16.9 Å². The third-order valence-corrected chi connectivity index (χ3v) is 11.5. The molecule has 0 saturated carbocycles. The Kier molecular flexibility index (Phi) is 23.8. The maximum Gasteiger partial charge on any atom is 1.00 e. The zero-order valence-electron chi connectivity index (χ0n) is 19.6. The van der Waals surface area contributed by atoms with E-state index in [0.29, 0.717) is 0 Å². The summed E-state index contributed by atoms with van der Waals surface area (Å²) in [6.07, 6.45) is 7.24. The fourth-order valence-electron chi connectivity index (χ4n) is 2.92. The second-order valence-corrected chi connectivity index (χ2v) is 15.3. The van der Waals surface area contributed by atoms with Crippen molar-refractivity contribution in [3.8, 4) is 0 Å². The first-order valence-electron chi connectivity index (χ1n) is 10.1. The Morgan fingerprint density at radius 3 is 1.44 bits per heavy atom. The SMILES string of the molecule is C1CCOC1.C1CCOC1.CCC[N-][Si](C)(C)N(CCC)[Si](C)(C)[O-].[Li+].[Li+]. The molecule has 2 aliphatic heterocycles. The zero-order chi connectivity index (χ0) is 19.2. The maximum absolute atomic E-state index is 12.2. The molecular formula is C18H42Li2N2O3Si2.